The molecule has 3 aliphatic carbocycles. The molecule has 11 heteroatoms. The molecule has 6 unspecified atom stereocenters. The molecule has 2 aromatic rings. The van der Waals surface area contributed by atoms with E-state index in [-0.39, 0.29) is 5.56 Å². The van der Waals surface area contributed by atoms with Crippen molar-refractivity contribution in [2.75, 3.05) is 14.1 Å². The average Bonchev–Trinajstić information content (AvgIpc) is 2.86. The predicted molar refractivity (Wildman–Crippen MR) is 136 cm³/mol. The number of Topliss-reactive ketones (excluding diaryl/α,β-unsaturated/α-hetero) is 2. The van der Waals surface area contributed by atoms with Crippen LogP contribution in [-0.4, -0.2) is 79.7 Å². The van der Waals surface area contributed by atoms with Crippen molar-refractivity contribution in [3.05, 3.63) is 70.2 Å². The van der Waals surface area contributed by atoms with Crippen LogP contribution in [0, 0.1) is 17.7 Å². The number of rotatable bonds is 3. The van der Waals surface area contributed by atoms with Crippen molar-refractivity contribution in [1.29, 1.82) is 0 Å². The number of hydrogen-bond donors (Lipinski definition) is 6. The van der Waals surface area contributed by atoms with Gasteiger partial charge in [0.25, 0.3) is 5.91 Å². The number of amides is 1. The van der Waals surface area contributed by atoms with Crippen molar-refractivity contribution in [2.24, 2.45) is 17.6 Å². The molecule has 7 N–H and O–H groups in total. The van der Waals surface area contributed by atoms with Gasteiger partial charge in [0, 0.05) is 11.5 Å². The number of ketones is 2. The Balaban J connectivity index is 1.82. The fraction of sp³-hybridized carbons (Fsp3) is 0.321. The Labute approximate surface area is 222 Å². The summed E-state index contributed by atoms with van der Waals surface area (Å²) < 4.78 is 13.6. The summed E-state index contributed by atoms with van der Waals surface area (Å²) in [6.45, 7) is 1.64. The van der Waals surface area contributed by atoms with E-state index in [9.17, 15) is 44.3 Å². The number of nitrogens with two attached hydrogens (primary N) is 1. The lowest BCUT2D eigenvalue weighted by Crippen LogP contribution is -2.70. The van der Waals surface area contributed by atoms with E-state index in [4.69, 9.17) is 5.73 Å². The molecule has 1 fully saturated rings. The summed E-state index contributed by atoms with van der Waals surface area (Å²) in [7, 11) is 2.88. The monoisotopic (exact) mass is 538 g/mol. The number of phenolic OH excluding ortho intramolecular Hbond substituents is 1. The summed E-state index contributed by atoms with van der Waals surface area (Å²) in [6, 6.07) is 6.89. The van der Waals surface area contributed by atoms with Gasteiger partial charge in [-0.1, -0.05) is 25.1 Å². The molecule has 5 rings (SSSR count). The number of phenols is 1. The molecule has 0 spiro atoms. The van der Waals surface area contributed by atoms with E-state index in [0.29, 0.717) is 16.7 Å². The zero-order valence-corrected chi connectivity index (χ0v) is 21.2. The van der Waals surface area contributed by atoms with Crippen LogP contribution in [0.5, 0.6) is 5.75 Å². The van der Waals surface area contributed by atoms with Crippen LogP contribution in [0.15, 0.2) is 53.3 Å². The quantitative estimate of drug-likeness (QED) is 0.314. The van der Waals surface area contributed by atoms with Crippen molar-refractivity contribution >= 4 is 23.2 Å². The molecule has 39 heavy (non-hydrogen) atoms. The summed E-state index contributed by atoms with van der Waals surface area (Å²) >= 11 is 0. The highest BCUT2D eigenvalue weighted by Crippen LogP contribution is 2.57. The zero-order chi connectivity index (χ0) is 28.7. The van der Waals surface area contributed by atoms with Gasteiger partial charge in [0.2, 0.25) is 5.78 Å². The topological polar surface area (TPSA) is 182 Å². The lowest BCUT2D eigenvalue weighted by atomic mass is 9.54. The molecule has 0 bridgehead atoms. The first kappa shape index (κ1) is 26.5. The van der Waals surface area contributed by atoms with Gasteiger partial charge in [-0.3, -0.25) is 19.3 Å². The maximum Gasteiger partial charge on any atom is 0.255 e. The molecule has 10 nitrogen and oxygen atoms in total. The number of carbonyl (C=O) groups excluding carboxylic acids is 3. The second kappa shape index (κ2) is 8.73. The standard InChI is InChI=1S/C28H27FN2O8/c1-10-15-13(11-4-6-12(29)7-5-11)8-9-14(32)17(15)22(33)18-16(10)23(34)20-21(31(2)3)24(35)19(27(30)38)26(37)28(20,39)25(18)36/h4-10,16,20-21,23,32-34,37,39H,1-3H3,(H2,30,38). The predicted octanol–water partition coefficient (Wildman–Crippen LogP) is 1.30. The molecule has 1 saturated carbocycles. The Morgan fingerprint density at radius 2 is 1.67 bits per heavy atom. The Kier molecular flexibility index (Phi) is 5.94. The second-order valence-electron chi connectivity index (χ2n) is 10.5. The highest BCUT2D eigenvalue weighted by atomic mass is 19.1. The average molecular weight is 539 g/mol. The van der Waals surface area contributed by atoms with Gasteiger partial charge < -0.3 is 31.3 Å². The van der Waals surface area contributed by atoms with Gasteiger partial charge >= 0.3 is 0 Å². The fourth-order valence-corrected chi connectivity index (χ4v) is 6.58. The molecular weight excluding hydrogens is 511 g/mol. The molecule has 204 valence electrons. The SMILES string of the molecule is CC1c2c(-c3ccc(F)cc3)ccc(O)c2C(O)=C2C(=O)C3(O)C(O)=C(C(N)=O)C(=O)C(N(C)C)C3C(O)C21. The third-order valence-corrected chi connectivity index (χ3v) is 8.26. The number of halogens is 1. The Bertz CT molecular complexity index is 1510. The minimum absolute atomic E-state index is 0.132. The van der Waals surface area contributed by atoms with Crippen LogP contribution in [-0.2, 0) is 14.4 Å². The number of nitrogens with zero attached hydrogens (tertiary/aromatic N) is 1. The van der Waals surface area contributed by atoms with Gasteiger partial charge in [-0.25, -0.2) is 4.39 Å². The lowest BCUT2D eigenvalue weighted by Gasteiger charge is -2.53. The van der Waals surface area contributed by atoms with Crippen LogP contribution in [0.3, 0.4) is 0 Å². The molecule has 0 radical (unpaired) electrons. The number of benzene rings is 2. The van der Waals surface area contributed by atoms with Gasteiger partial charge in [0.1, 0.15) is 28.7 Å². The number of aromatic hydroxyl groups is 1. The number of aliphatic hydroxyl groups is 4. The maximum atomic E-state index is 14.0. The molecular formula is C28H27FN2O8. The smallest absolute Gasteiger partial charge is 0.255 e. The third kappa shape index (κ3) is 3.40. The van der Waals surface area contributed by atoms with E-state index >= 15 is 0 Å². The van der Waals surface area contributed by atoms with E-state index in [1.807, 2.05) is 0 Å². The molecule has 0 aromatic heterocycles. The van der Waals surface area contributed by atoms with E-state index < -0.39 is 87.2 Å². The Hall–Kier alpha value is -4.06. The Morgan fingerprint density at radius 1 is 1.05 bits per heavy atom. The van der Waals surface area contributed by atoms with Crippen LogP contribution in [0.25, 0.3) is 16.9 Å². The summed E-state index contributed by atoms with van der Waals surface area (Å²) in [5, 5.41) is 56.6. The van der Waals surface area contributed by atoms with E-state index in [1.165, 1.54) is 49.3 Å². The molecule has 0 heterocycles. The van der Waals surface area contributed by atoms with Crippen LogP contribution in [0.1, 0.15) is 24.0 Å². The molecule has 0 saturated heterocycles. The van der Waals surface area contributed by atoms with Crippen LogP contribution >= 0.6 is 0 Å². The van der Waals surface area contributed by atoms with E-state index in [1.54, 1.807) is 13.0 Å². The summed E-state index contributed by atoms with van der Waals surface area (Å²) in [4.78, 5) is 40.7. The summed E-state index contributed by atoms with van der Waals surface area (Å²) in [6.07, 6.45) is -1.70. The largest absolute Gasteiger partial charge is 0.508 e. The van der Waals surface area contributed by atoms with Crippen LogP contribution in [0.4, 0.5) is 4.39 Å². The second-order valence-corrected chi connectivity index (χ2v) is 10.5. The van der Waals surface area contributed by atoms with Crippen LogP contribution < -0.4 is 5.73 Å². The molecule has 1 amide bonds. The number of fused-ring (bicyclic) bond motifs is 3. The fourth-order valence-electron chi connectivity index (χ4n) is 6.58. The first-order chi connectivity index (χ1) is 18.2. The first-order valence-corrected chi connectivity index (χ1v) is 12.2. The first-order valence-electron chi connectivity index (χ1n) is 12.2. The van der Waals surface area contributed by atoms with Gasteiger partial charge in [-0.2, -0.15) is 0 Å². The van der Waals surface area contributed by atoms with Gasteiger partial charge in [0.15, 0.2) is 11.4 Å². The van der Waals surface area contributed by atoms with Gasteiger partial charge in [-0.05, 0) is 54.9 Å². The number of primary amides is 1. The number of aliphatic hydroxyl groups excluding tert-OH is 3. The lowest BCUT2D eigenvalue weighted by molar-refractivity contribution is -0.169. The van der Waals surface area contributed by atoms with Crippen molar-refractivity contribution < 1.29 is 44.3 Å². The molecule has 6 atom stereocenters. The summed E-state index contributed by atoms with van der Waals surface area (Å²) in [5.74, 6) is -10.1. The maximum absolute atomic E-state index is 14.0. The minimum Gasteiger partial charge on any atom is -0.508 e. The molecule has 0 aliphatic heterocycles. The van der Waals surface area contributed by atoms with Crippen molar-refractivity contribution in [3.63, 3.8) is 0 Å². The highest BCUT2D eigenvalue weighted by Gasteiger charge is 2.68. The van der Waals surface area contributed by atoms with Crippen molar-refractivity contribution in [2.45, 2.75) is 30.6 Å². The highest BCUT2D eigenvalue weighted by molar-refractivity contribution is 6.24. The van der Waals surface area contributed by atoms with Gasteiger partial charge in [-0.15, -0.1) is 0 Å². The molecule has 3 aliphatic rings. The third-order valence-electron chi connectivity index (χ3n) is 8.26. The van der Waals surface area contributed by atoms with Crippen molar-refractivity contribution in [1.82, 2.24) is 4.90 Å². The van der Waals surface area contributed by atoms with Crippen LogP contribution in [0.2, 0.25) is 0 Å². The van der Waals surface area contributed by atoms with Gasteiger partial charge in [0.05, 0.1) is 23.6 Å². The Morgan fingerprint density at radius 3 is 2.23 bits per heavy atom. The minimum atomic E-state index is -2.98. The normalized spacial score (nSPS) is 30.3. The molecule has 2 aromatic carbocycles. The van der Waals surface area contributed by atoms with E-state index in [0.717, 1.165) is 0 Å². The zero-order valence-electron chi connectivity index (χ0n) is 21.2. The summed E-state index contributed by atoms with van der Waals surface area (Å²) in [5.41, 5.74) is 2.14. The van der Waals surface area contributed by atoms with E-state index in [2.05, 4.69) is 0 Å². The van der Waals surface area contributed by atoms with Crippen molar-refractivity contribution in [3.8, 4) is 16.9 Å². The number of carbonyl (C=O) groups is 3. The number of likely N-dealkylation sites (N-methyl/N-ethyl adjacent to an activating group) is 1. The number of hydrogen-bond acceptors (Lipinski definition) is 9.